The first-order valence-electron chi connectivity index (χ1n) is 18.3. The number of nitrogens with zero attached hydrogens (tertiary/aromatic N) is 2. The van der Waals surface area contributed by atoms with Crippen LogP contribution >= 0.6 is 45.1 Å². The van der Waals surface area contributed by atoms with Gasteiger partial charge in [0.15, 0.2) is 0 Å². The van der Waals surface area contributed by atoms with E-state index in [-0.39, 0.29) is 0 Å². The first kappa shape index (κ1) is 38.4. The van der Waals surface area contributed by atoms with Crippen LogP contribution in [0.2, 0.25) is 0 Å². The van der Waals surface area contributed by atoms with E-state index in [1.807, 2.05) is 0 Å². The third-order valence-electron chi connectivity index (χ3n) is 11.5. The van der Waals surface area contributed by atoms with Crippen molar-refractivity contribution >= 4 is 67.2 Å². The molecule has 0 heterocycles. The smallest absolute Gasteiger partial charge is 0.387 e. The monoisotopic (exact) mass is 748 g/mol. The topological polar surface area (TPSA) is 151 Å². The summed E-state index contributed by atoms with van der Waals surface area (Å²) in [5, 5.41) is 0. The van der Waals surface area contributed by atoms with Gasteiger partial charge in [-0.05, 0) is 150 Å². The average molecular weight is 749 g/mol. The lowest BCUT2D eigenvalue weighted by molar-refractivity contribution is 0.0382. The van der Waals surface area contributed by atoms with Crippen LogP contribution in [0.5, 0.6) is 0 Å². The second-order valence-electron chi connectivity index (χ2n) is 15.7. The Morgan fingerprint density at radius 3 is 1.17 bits per heavy atom. The van der Waals surface area contributed by atoms with E-state index in [0.29, 0.717) is 9.49 Å². The molecule has 0 atom stereocenters. The minimum absolute atomic E-state index is 0.673. The zero-order chi connectivity index (χ0) is 33.3. The van der Waals surface area contributed by atoms with Crippen LogP contribution in [0.4, 0.5) is 0 Å². The summed E-state index contributed by atoms with van der Waals surface area (Å²) in [5.41, 5.74) is 12.3. The molecule has 0 aliphatic heterocycles. The standard InChI is InChI=1S/C34H58N4S4.H2O4S/c35-31(37-7-3-1-5-9-39-33-17-25-11-26(18-33)13-27(12-25)19-33)23-41-42-24-32(36)38-8-4-2-6-10-40-34-20-28-14-29(21-34)16-30(15-28)22-34;1-5(2,3)4/h25-30H,1-24H2,(H2,35,37)(H2,36,38);(H2,1,2,3,4). The molecule has 8 aliphatic carbocycles. The van der Waals surface area contributed by atoms with E-state index in [1.54, 1.807) is 60.1 Å². The molecule has 8 fully saturated rings. The SMILES string of the molecule is NC(CSSCC(N)=NCCCCCSC12CC3CC(CC(C3)C1)C2)=NCCCCCSC12CC3CC(CC(C3)C1)C2.O=S(=O)(O)O. The van der Waals surface area contributed by atoms with Gasteiger partial charge >= 0.3 is 10.4 Å². The van der Waals surface area contributed by atoms with Gasteiger partial charge in [0.2, 0.25) is 0 Å². The lowest BCUT2D eigenvalue weighted by Gasteiger charge is -2.56. The van der Waals surface area contributed by atoms with Crippen molar-refractivity contribution in [3.05, 3.63) is 0 Å². The molecule has 0 saturated heterocycles. The van der Waals surface area contributed by atoms with E-state index in [1.165, 1.54) is 88.6 Å². The normalized spacial score (nSPS) is 35.7. The molecule has 6 N–H and O–H groups in total. The lowest BCUT2D eigenvalue weighted by atomic mass is 9.56. The molecule has 47 heavy (non-hydrogen) atoms. The van der Waals surface area contributed by atoms with Crippen LogP contribution in [0.15, 0.2) is 9.98 Å². The maximum atomic E-state index is 8.74. The molecule has 0 spiro atoms. The molecule has 0 radical (unpaired) electrons. The van der Waals surface area contributed by atoms with Crippen LogP contribution in [-0.2, 0) is 10.4 Å². The van der Waals surface area contributed by atoms with E-state index in [4.69, 9.17) is 29.0 Å². The molecular weight excluding hydrogens is 689 g/mol. The Balaban J connectivity index is 0.000000807. The second-order valence-corrected chi connectivity index (χ2v) is 22.2. The first-order valence-corrected chi connectivity index (χ1v) is 24.1. The van der Waals surface area contributed by atoms with Crippen molar-refractivity contribution in [1.29, 1.82) is 0 Å². The van der Waals surface area contributed by atoms with E-state index in [9.17, 15) is 0 Å². The highest BCUT2D eigenvalue weighted by molar-refractivity contribution is 8.77. The summed E-state index contributed by atoms with van der Waals surface area (Å²) >= 11 is 4.69. The quantitative estimate of drug-likeness (QED) is 0.0335. The molecule has 0 aromatic rings. The number of amidine groups is 2. The Labute approximate surface area is 301 Å². The predicted octanol–water partition coefficient (Wildman–Crippen LogP) is 8.17. The number of unbranched alkanes of at least 4 members (excludes halogenated alkanes) is 4. The number of rotatable bonds is 19. The van der Waals surface area contributed by atoms with Gasteiger partial charge in [0.05, 0.1) is 11.5 Å². The van der Waals surface area contributed by atoms with Gasteiger partial charge in [-0.15, -0.1) is 0 Å². The van der Waals surface area contributed by atoms with Gasteiger partial charge in [-0.1, -0.05) is 34.4 Å². The summed E-state index contributed by atoms with van der Waals surface area (Å²) in [6.45, 7) is 1.76. The Morgan fingerprint density at radius 1 is 0.574 bits per heavy atom. The van der Waals surface area contributed by atoms with Crippen LogP contribution in [0.25, 0.3) is 0 Å². The second kappa shape index (κ2) is 18.1. The van der Waals surface area contributed by atoms with E-state index in [2.05, 4.69) is 33.5 Å². The lowest BCUT2D eigenvalue weighted by Crippen LogP contribution is -2.48. The first-order chi connectivity index (χ1) is 22.5. The van der Waals surface area contributed by atoms with Gasteiger partial charge in [-0.3, -0.25) is 19.1 Å². The minimum Gasteiger partial charge on any atom is -0.387 e. The van der Waals surface area contributed by atoms with Crippen molar-refractivity contribution in [2.75, 3.05) is 36.1 Å². The molecule has 8 bridgehead atoms. The summed E-state index contributed by atoms with van der Waals surface area (Å²) in [7, 11) is -1.15. The van der Waals surface area contributed by atoms with Crippen LogP contribution in [0.1, 0.15) is 116 Å². The van der Waals surface area contributed by atoms with Crippen molar-refractivity contribution < 1.29 is 17.5 Å². The summed E-state index contributed by atoms with van der Waals surface area (Å²) in [4.78, 5) is 9.24. The van der Waals surface area contributed by atoms with Crippen molar-refractivity contribution in [2.45, 2.75) is 125 Å². The molecule has 0 unspecified atom stereocenters. The Hall–Kier alpha value is 0.210. The molecule has 8 nitrogen and oxygen atoms in total. The summed E-state index contributed by atoms with van der Waals surface area (Å²) in [5.74, 6) is 12.2. The zero-order valence-electron chi connectivity index (χ0n) is 28.2. The van der Waals surface area contributed by atoms with Gasteiger partial charge in [-0.2, -0.15) is 31.9 Å². The number of hydrogen-bond donors (Lipinski definition) is 4. The van der Waals surface area contributed by atoms with Crippen molar-refractivity contribution in [3.63, 3.8) is 0 Å². The number of hydrogen-bond acceptors (Lipinski definition) is 8. The highest BCUT2D eigenvalue weighted by Crippen LogP contribution is 2.61. The third-order valence-corrected chi connectivity index (χ3v) is 16.9. The third kappa shape index (κ3) is 13.0. The maximum Gasteiger partial charge on any atom is 0.394 e. The number of nitrogens with two attached hydrogens (primary N) is 2. The van der Waals surface area contributed by atoms with Gasteiger partial charge < -0.3 is 11.5 Å². The fourth-order valence-corrected chi connectivity index (χ4v) is 16.0. The molecule has 8 rings (SSSR count). The van der Waals surface area contributed by atoms with Gasteiger partial charge in [0.1, 0.15) is 11.7 Å². The van der Waals surface area contributed by atoms with Crippen LogP contribution < -0.4 is 11.5 Å². The largest absolute Gasteiger partial charge is 0.394 e. The van der Waals surface area contributed by atoms with Gasteiger partial charge in [0.25, 0.3) is 0 Å². The fraction of sp³-hybridized carbons (Fsp3) is 0.941. The molecular formula is C34H60N4O4S5. The van der Waals surface area contributed by atoms with Crippen molar-refractivity contribution in [3.8, 4) is 0 Å². The molecule has 270 valence electrons. The predicted molar refractivity (Wildman–Crippen MR) is 206 cm³/mol. The molecule has 0 aromatic carbocycles. The fourth-order valence-electron chi connectivity index (χ4n) is 10.5. The highest BCUT2D eigenvalue weighted by Gasteiger charge is 2.52. The Morgan fingerprint density at radius 2 is 0.872 bits per heavy atom. The van der Waals surface area contributed by atoms with Crippen LogP contribution in [-0.4, -0.2) is 74.8 Å². The summed E-state index contributed by atoms with van der Waals surface area (Å²) in [6.07, 6.45) is 26.1. The summed E-state index contributed by atoms with van der Waals surface area (Å²) in [6, 6.07) is 0. The van der Waals surface area contributed by atoms with Crippen LogP contribution in [0.3, 0.4) is 0 Å². The van der Waals surface area contributed by atoms with Gasteiger partial charge in [-0.25, -0.2) is 0 Å². The van der Waals surface area contributed by atoms with Crippen LogP contribution in [0, 0.1) is 35.5 Å². The Bertz CT molecular complexity index is 1010. The average Bonchev–Trinajstić information content (AvgIpc) is 2.96. The molecule has 0 amide bonds. The molecule has 8 saturated carbocycles. The van der Waals surface area contributed by atoms with E-state index >= 15 is 0 Å². The van der Waals surface area contributed by atoms with Crippen molar-refractivity contribution in [1.82, 2.24) is 0 Å². The highest BCUT2D eigenvalue weighted by atomic mass is 33.1. The van der Waals surface area contributed by atoms with E-state index in [0.717, 1.165) is 71.8 Å². The number of aliphatic imine (C=N–C) groups is 2. The Kier molecular flexibility index (Phi) is 14.8. The maximum absolute atomic E-state index is 8.74. The zero-order valence-corrected chi connectivity index (χ0v) is 32.3. The minimum atomic E-state index is -4.67. The van der Waals surface area contributed by atoms with Crippen molar-refractivity contribution in [2.24, 2.45) is 57.0 Å². The molecule has 13 heteroatoms. The molecule has 0 aromatic heterocycles. The van der Waals surface area contributed by atoms with Gasteiger partial charge in [0, 0.05) is 22.6 Å². The summed E-state index contributed by atoms with van der Waals surface area (Å²) < 4.78 is 32.9. The number of thioether (sulfide) groups is 2. The molecule has 8 aliphatic rings. The van der Waals surface area contributed by atoms with E-state index < -0.39 is 10.4 Å².